The summed E-state index contributed by atoms with van der Waals surface area (Å²) in [6, 6.07) is 12.3. The fourth-order valence-electron chi connectivity index (χ4n) is 1.74. The van der Waals surface area contributed by atoms with Gasteiger partial charge in [-0.1, -0.05) is 30.3 Å². The number of rotatable bonds is 7. The van der Waals surface area contributed by atoms with Crippen molar-refractivity contribution >= 4 is 22.3 Å². The van der Waals surface area contributed by atoms with Crippen molar-refractivity contribution in [2.24, 2.45) is 0 Å². The highest BCUT2D eigenvalue weighted by Gasteiger charge is 2.27. The number of carboxylic acids is 1. The largest absolute Gasteiger partial charge is 0.480 e. The number of hydrogen-bond donors (Lipinski definition) is 2. The van der Waals surface area contributed by atoms with Gasteiger partial charge in [-0.2, -0.15) is 4.72 Å². The Labute approximate surface area is 132 Å². The molecule has 0 bridgehead atoms. The molecule has 0 heterocycles. The summed E-state index contributed by atoms with van der Waals surface area (Å²) in [6.45, 7) is 0. The van der Waals surface area contributed by atoms with Gasteiger partial charge in [0.2, 0.25) is 10.0 Å². The molecule has 0 saturated heterocycles. The van der Waals surface area contributed by atoms with Crippen LogP contribution in [0.1, 0.15) is 0 Å². The molecule has 23 heavy (non-hydrogen) atoms. The van der Waals surface area contributed by atoms with Crippen LogP contribution in [0.15, 0.2) is 59.5 Å². The number of aldehydes is 1. The van der Waals surface area contributed by atoms with E-state index in [4.69, 9.17) is 9.84 Å². The molecule has 0 unspecified atom stereocenters. The Morgan fingerprint density at radius 3 is 2.30 bits per heavy atom. The lowest BCUT2D eigenvalue weighted by Crippen LogP contribution is -2.41. The standard InChI is InChI=1S/C15H13NO6S/c17-10-12(15(18)19)16-23(20,21)14-9-5-4-8-13(14)22-11-6-2-1-3-7-11/h1-10,12,16H,(H,18,19)/t12-/m1/s1. The van der Waals surface area contributed by atoms with Gasteiger partial charge in [0.25, 0.3) is 0 Å². The Morgan fingerprint density at radius 1 is 1.09 bits per heavy atom. The topological polar surface area (TPSA) is 110 Å². The van der Waals surface area contributed by atoms with Crippen LogP contribution in [0.5, 0.6) is 11.5 Å². The zero-order chi connectivity index (χ0) is 16.9. The van der Waals surface area contributed by atoms with Crippen molar-refractivity contribution in [2.45, 2.75) is 10.9 Å². The molecule has 120 valence electrons. The molecule has 0 fully saturated rings. The molecular weight excluding hydrogens is 322 g/mol. The van der Waals surface area contributed by atoms with Crippen LogP contribution in [0, 0.1) is 0 Å². The minimum Gasteiger partial charge on any atom is -0.480 e. The summed E-state index contributed by atoms with van der Waals surface area (Å²) in [5, 5.41) is 8.80. The summed E-state index contributed by atoms with van der Waals surface area (Å²) >= 11 is 0. The van der Waals surface area contributed by atoms with E-state index in [0.717, 1.165) is 0 Å². The van der Waals surface area contributed by atoms with Gasteiger partial charge in [-0.05, 0) is 24.3 Å². The van der Waals surface area contributed by atoms with Crippen molar-refractivity contribution < 1.29 is 27.9 Å². The molecular formula is C15H13NO6S. The molecule has 1 atom stereocenters. The van der Waals surface area contributed by atoms with Gasteiger partial charge in [0.1, 0.15) is 22.7 Å². The maximum atomic E-state index is 12.3. The first-order valence-corrected chi connectivity index (χ1v) is 7.95. The van der Waals surface area contributed by atoms with Crippen molar-refractivity contribution in [3.05, 3.63) is 54.6 Å². The molecule has 0 aliphatic carbocycles. The van der Waals surface area contributed by atoms with Gasteiger partial charge in [-0.3, -0.25) is 4.79 Å². The molecule has 2 aromatic rings. The van der Waals surface area contributed by atoms with Crippen molar-refractivity contribution in [3.63, 3.8) is 0 Å². The number of sulfonamides is 1. The average Bonchev–Trinajstić information content (AvgIpc) is 2.54. The minimum atomic E-state index is -4.25. The third-order valence-corrected chi connectivity index (χ3v) is 4.27. The molecule has 0 amide bonds. The number of carbonyl (C=O) groups is 2. The van der Waals surface area contributed by atoms with E-state index in [2.05, 4.69) is 0 Å². The molecule has 0 radical (unpaired) electrons. The van der Waals surface area contributed by atoms with Gasteiger partial charge in [0.15, 0.2) is 6.04 Å². The van der Waals surface area contributed by atoms with Crippen molar-refractivity contribution in [2.75, 3.05) is 0 Å². The highest BCUT2D eigenvalue weighted by molar-refractivity contribution is 7.89. The normalized spacial score (nSPS) is 12.3. The number of carbonyl (C=O) groups excluding carboxylic acids is 1. The van der Waals surface area contributed by atoms with Crippen LogP contribution in [-0.4, -0.2) is 31.8 Å². The zero-order valence-corrected chi connectivity index (χ0v) is 12.6. The lowest BCUT2D eigenvalue weighted by atomic mass is 10.3. The van der Waals surface area contributed by atoms with Gasteiger partial charge in [-0.15, -0.1) is 0 Å². The van der Waals surface area contributed by atoms with Crippen molar-refractivity contribution in [3.8, 4) is 11.5 Å². The number of aliphatic carboxylic acids is 1. The Kier molecular flexibility index (Phi) is 5.09. The molecule has 0 aromatic heterocycles. The van der Waals surface area contributed by atoms with E-state index in [0.29, 0.717) is 5.75 Å². The highest BCUT2D eigenvalue weighted by atomic mass is 32.2. The number of ether oxygens (including phenoxy) is 1. The van der Waals surface area contributed by atoms with E-state index in [1.54, 1.807) is 36.4 Å². The number of hydrogen-bond acceptors (Lipinski definition) is 5. The van der Waals surface area contributed by atoms with Gasteiger partial charge in [0.05, 0.1) is 0 Å². The Hall–Kier alpha value is -2.71. The van der Waals surface area contributed by atoms with Crippen LogP contribution in [-0.2, 0) is 19.6 Å². The van der Waals surface area contributed by atoms with E-state index in [1.165, 1.54) is 18.2 Å². The van der Waals surface area contributed by atoms with Gasteiger partial charge in [0, 0.05) is 0 Å². The second-order valence-corrected chi connectivity index (χ2v) is 6.12. The third-order valence-electron chi connectivity index (χ3n) is 2.79. The van der Waals surface area contributed by atoms with Gasteiger partial charge >= 0.3 is 5.97 Å². The quantitative estimate of drug-likeness (QED) is 0.585. The lowest BCUT2D eigenvalue weighted by molar-refractivity contribution is -0.140. The number of para-hydroxylation sites is 2. The predicted molar refractivity (Wildman–Crippen MR) is 80.8 cm³/mol. The molecule has 0 saturated carbocycles. The van der Waals surface area contributed by atoms with E-state index in [-0.39, 0.29) is 16.9 Å². The maximum Gasteiger partial charge on any atom is 0.329 e. The second-order valence-electron chi connectivity index (χ2n) is 4.44. The predicted octanol–water partition coefficient (Wildman–Crippen LogP) is 1.41. The van der Waals surface area contributed by atoms with Crippen LogP contribution in [0.2, 0.25) is 0 Å². The first kappa shape index (κ1) is 16.7. The number of carboxylic acid groups (broad SMARTS) is 1. The van der Waals surface area contributed by atoms with Crippen LogP contribution < -0.4 is 9.46 Å². The van der Waals surface area contributed by atoms with Crippen molar-refractivity contribution in [1.29, 1.82) is 0 Å². The molecule has 7 nitrogen and oxygen atoms in total. The summed E-state index contributed by atoms with van der Waals surface area (Å²) in [5.41, 5.74) is 0. The molecule has 8 heteroatoms. The Morgan fingerprint density at radius 2 is 1.70 bits per heavy atom. The third kappa shape index (κ3) is 4.15. The summed E-state index contributed by atoms with van der Waals surface area (Å²) < 4.78 is 31.9. The van der Waals surface area contributed by atoms with E-state index >= 15 is 0 Å². The van der Waals surface area contributed by atoms with Crippen LogP contribution in [0.3, 0.4) is 0 Å². The molecule has 2 aromatic carbocycles. The summed E-state index contributed by atoms with van der Waals surface area (Å²) in [5.74, 6) is -1.16. The summed E-state index contributed by atoms with van der Waals surface area (Å²) in [6.07, 6.45) is 0.000545. The molecule has 0 aliphatic rings. The zero-order valence-electron chi connectivity index (χ0n) is 11.7. The maximum absolute atomic E-state index is 12.3. The first-order chi connectivity index (χ1) is 10.9. The number of nitrogens with one attached hydrogen (secondary N) is 1. The van der Waals surface area contributed by atoms with E-state index in [1.807, 2.05) is 4.72 Å². The Bertz CT molecular complexity index is 804. The fourth-order valence-corrected chi connectivity index (χ4v) is 2.99. The second kappa shape index (κ2) is 7.03. The van der Waals surface area contributed by atoms with Crippen LogP contribution in [0.25, 0.3) is 0 Å². The first-order valence-electron chi connectivity index (χ1n) is 6.46. The molecule has 2 rings (SSSR count). The smallest absolute Gasteiger partial charge is 0.329 e. The van der Waals surface area contributed by atoms with Gasteiger partial charge in [-0.25, -0.2) is 8.42 Å². The highest BCUT2D eigenvalue weighted by Crippen LogP contribution is 2.28. The minimum absolute atomic E-state index is 0.000545. The summed E-state index contributed by atoms with van der Waals surface area (Å²) in [7, 11) is -4.25. The van der Waals surface area contributed by atoms with E-state index in [9.17, 15) is 18.0 Å². The average molecular weight is 335 g/mol. The SMILES string of the molecule is O=C[C@@H](NS(=O)(=O)c1ccccc1Oc1ccccc1)C(=O)O. The van der Waals surface area contributed by atoms with Crippen molar-refractivity contribution in [1.82, 2.24) is 4.72 Å². The molecule has 2 N–H and O–H groups in total. The number of benzene rings is 2. The van der Waals surface area contributed by atoms with Crippen LogP contribution in [0.4, 0.5) is 0 Å². The summed E-state index contributed by atoms with van der Waals surface area (Å²) in [4.78, 5) is 21.3. The Balaban J connectivity index is 2.35. The lowest BCUT2D eigenvalue weighted by Gasteiger charge is -2.13. The fraction of sp³-hybridized carbons (Fsp3) is 0.0667. The van der Waals surface area contributed by atoms with Crippen LogP contribution >= 0.6 is 0 Å². The molecule has 0 spiro atoms. The van der Waals surface area contributed by atoms with Gasteiger partial charge < -0.3 is 14.6 Å². The molecule has 0 aliphatic heterocycles. The van der Waals surface area contributed by atoms with E-state index < -0.39 is 22.0 Å². The monoisotopic (exact) mass is 335 g/mol.